The van der Waals surface area contributed by atoms with Crippen LogP contribution < -0.4 is 10.6 Å². The van der Waals surface area contributed by atoms with Gasteiger partial charge < -0.3 is 15.5 Å². The van der Waals surface area contributed by atoms with Gasteiger partial charge in [-0.1, -0.05) is 18.1 Å². The molecule has 0 bridgehead atoms. The Balaban J connectivity index is 1.76. The summed E-state index contributed by atoms with van der Waals surface area (Å²) < 4.78 is 27.1. The number of terminal acetylenes is 1. The number of rotatable bonds is 4. The highest BCUT2D eigenvalue weighted by Crippen LogP contribution is 2.31. The van der Waals surface area contributed by atoms with Crippen LogP contribution in [0.3, 0.4) is 0 Å². The zero-order valence-electron chi connectivity index (χ0n) is 15.5. The van der Waals surface area contributed by atoms with Crippen molar-refractivity contribution in [3.8, 4) is 12.3 Å². The maximum absolute atomic E-state index is 13.5. The highest BCUT2D eigenvalue weighted by Gasteiger charge is 2.46. The minimum Gasteiger partial charge on any atom is -0.343 e. The molecular weight excluding hydrogens is 382 g/mol. The predicted molar refractivity (Wildman–Crippen MR) is 102 cm³/mol. The first-order chi connectivity index (χ1) is 13.7. The first kappa shape index (κ1) is 20.2. The molecule has 1 aliphatic heterocycles. The highest BCUT2D eigenvalue weighted by atomic mass is 19.3. The van der Waals surface area contributed by atoms with Gasteiger partial charge in [0.2, 0.25) is 11.8 Å². The molecule has 0 unspecified atom stereocenters. The molecule has 9 heteroatoms. The van der Waals surface area contributed by atoms with E-state index >= 15 is 0 Å². The zero-order chi connectivity index (χ0) is 21.2. The van der Waals surface area contributed by atoms with Gasteiger partial charge in [-0.15, -0.1) is 6.42 Å². The number of pyridine rings is 1. The van der Waals surface area contributed by atoms with E-state index < -0.39 is 43.3 Å². The quantitative estimate of drug-likeness (QED) is 0.766. The Morgan fingerprint density at radius 2 is 2.10 bits per heavy atom. The Labute approximate surface area is 165 Å². The lowest BCUT2D eigenvalue weighted by atomic mass is 10.1. The van der Waals surface area contributed by atoms with Crippen molar-refractivity contribution >= 4 is 34.3 Å². The molecule has 1 aromatic carbocycles. The van der Waals surface area contributed by atoms with Gasteiger partial charge in [-0.3, -0.25) is 19.4 Å². The van der Waals surface area contributed by atoms with Gasteiger partial charge in [0.25, 0.3) is 11.8 Å². The molecule has 0 spiro atoms. The summed E-state index contributed by atoms with van der Waals surface area (Å²) in [5.74, 6) is -2.40. The van der Waals surface area contributed by atoms with Gasteiger partial charge in [-0.05, 0) is 12.1 Å². The third-order valence-corrected chi connectivity index (χ3v) is 4.51. The summed E-state index contributed by atoms with van der Waals surface area (Å²) in [4.78, 5) is 41.4. The number of nitrogens with one attached hydrogen (secondary N) is 2. The molecule has 29 heavy (non-hydrogen) atoms. The fraction of sp³-hybridized carbons (Fsp3) is 0.300. The van der Waals surface area contributed by atoms with E-state index in [1.807, 2.05) is 0 Å². The lowest BCUT2D eigenvalue weighted by Gasteiger charge is -2.20. The molecule has 1 saturated heterocycles. The topological polar surface area (TPSA) is 91.4 Å². The van der Waals surface area contributed by atoms with E-state index in [9.17, 15) is 23.2 Å². The Morgan fingerprint density at radius 1 is 1.34 bits per heavy atom. The van der Waals surface area contributed by atoms with Crippen LogP contribution in [0.5, 0.6) is 0 Å². The van der Waals surface area contributed by atoms with Crippen LogP contribution in [0.25, 0.3) is 10.9 Å². The number of fused-ring (bicyclic) bond motifs is 1. The minimum absolute atomic E-state index is 0.232. The Hall–Kier alpha value is -3.54. The van der Waals surface area contributed by atoms with Crippen LogP contribution in [0.2, 0.25) is 0 Å². The van der Waals surface area contributed by atoms with Crippen molar-refractivity contribution in [1.29, 1.82) is 0 Å². The fourth-order valence-electron chi connectivity index (χ4n) is 3.25. The number of hydrogen-bond acceptors (Lipinski definition) is 4. The van der Waals surface area contributed by atoms with Crippen LogP contribution in [0.1, 0.15) is 23.7 Å². The number of halogens is 2. The number of anilines is 1. The summed E-state index contributed by atoms with van der Waals surface area (Å²) in [5, 5.41) is 5.55. The number of carbonyl (C=O) groups excluding carboxylic acids is 3. The molecule has 2 heterocycles. The summed E-state index contributed by atoms with van der Waals surface area (Å²) in [6, 6.07) is 5.42. The van der Waals surface area contributed by atoms with E-state index in [1.54, 1.807) is 18.2 Å². The largest absolute Gasteiger partial charge is 0.343 e. The third-order valence-electron chi connectivity index (χ3n) is 4.51. The molecule has 1 atom stereocenters. The Bertz CT molecular complexity index is 1030. The fourth-order valence-corrected chi connectivity index (χ4v) is 3.25. The van der Waals surface area contributed by atoms with Gasteiger partial charge in [0.15, 0.2) is 0 Å². The first-order valence-electron chi connectivity index (χ1n) is 8.79. The van der Waals surface area contributed by atoms with Gasteiger partial charge >= 0.3 is 0 Å². The first-order valence-corrected chi connectivity index (χ1v) is 8.79. The van der Waals surface area contributed by atoms with E-state index in [0.29, 0.717) is 16.6 Å². The monoisotopic (exact) mass is 400 g/mol. The molecular formula is C20H18F2N4O3. The Morgan fingerprint density at radius 3 is 2.79 bits per heavy atom. The standard InChI is InChI=1S/C20H18F2N4O3/c1-3-13-9-20(21,22)11-26(13)17(28)10-24-19(29)15-7-8-23-18-14(15)5-4-6-16(18)25-12(2)27/h1,4-8,13H,9-11H2,2H3,(H,24,29)(H,25,27)/t13-/m1/s1. The number of carbonyl (C=O) groups is 3. The molecule has 0 aliphatic carbocycles. The van der Waals surface area contributed by atoms with Crippen LogP contribution in [-0.2, 0) is 9.59 Å². The second-order valence-corrected chi connectivity index (χ2v) is 6.69. The summed E-state index contributed by atoms with van der Waals surface area (Å²) in [6.07, 6.45) is 6.05. The SMILES string of the molecule is C#C[C@@H]1CC(F)(F)CN1C(=O)CNC(=O)c1ccnc2c(NC(C)=O)cccc12. The Kier molecular flexibility index (Phi) is 5.46. The van der Waals surface area contributed by atoms with Crippen molar-refractivity contribution in [1.82, 2.24) is 15.2 Å². The van der Waals surface area contributed by atoms with E-state index in [2.05, 4.69) is 21.5 Å². The predicted octanol–water partition coefficient (Wildman–Crippen LogP) is 1.79. The summed E-state index contributed by atoms with van der Waals surface area (Å²) in [6.45, 7) is 0.115. The summed E-state index contributed by atoms with van der Waals surface area (Å²) in [7, 11) is 0. The molecule has 3 amide bonds. The van der Waals surface area contributed by atoms with Crippen molar-refractivity contribution < 1.29 is 23.2 Å². The van der Waals surface area contributed by atoms with E-state index in [-0.39, 0.29) is 11.5 Å². The lowest BCUT2D eigenvalue weighted by molar-refractivity contribution is -0.131. The molecule has 1 aliphatic rings. The van der Waals surface area contributed by atoms with Crippen molar-refractivity contribution in [3.05, 3.63) is 36.0 Å². The number of alkyl halides is 2. The average Bonchev–Trinajstić information content (AvgIpc) is 3.00. The van der Waals surface area contributed by atoms with Gasteiger partial charge in [0, 0.05) is 24.9 Å². The van der Waals surface area contributed by atoms with Gasteiger partial charge in [-0.2, -0.15) is 0 Å². The number of aromatic nitrogens is 1. The maximum atomic E-state index is 13.5. The molecule has 2 aromatic rings. The highest BCUT2D eigenvalue weighted by molar-refractivity contribution is 6.10. The average molecular weight is 400 g/mol. The number of benzene rings is 1. The van der Waals surface area contributed by atoms with Crippen LogP contribution >= 0.6 is 0 Å². The number of likely N-dealkylation sites (tertiary alicyclic amines) is 1. The molecule has 3 rings (SSSR count). The van der Waals surface area contributed by atoms with Crippen LogP contribution in [-0.4, -0.2) is 52.7 Å². The normalized spacial score (nSPS) is 17.6. The second kappa shape index (κ2) is 7.83. The molecule has 150 valence electrons. The minimum atomic E-state index is -3.04. The van der Waals surface area contributed by atoms with Gasteiger partial charge in [-0.25, -0.2) is 8.78 Å². The van der Waals surface area contributed by atoms with Gasteiger partial charge in [0.1, 0.15) is 0 Å². The number of amides is 3. The number of nitrogens with zero attached hydrogens (tertiary/aromatic N) is 2. The van der Waals surface area contributed by atoms with Crippen LogP contribution in [0.4, 0.5) is 14.5 Å². The lowest BCUT2D eigenvalue weighted by Crippen LogP contribution is -2.43. The smallest absolute Gasteiger partial charge is 0.268 e. The zero-order valence-corrected chi connectivity index (χ0v) is 15.5. The third kappa shape index (κ3) is 4.32. The molecule has 1 aromatic heterocycles. The van der Waals surface area contributed by atoms with E-state index in [4.69, 9.17) is 6.42 Å². The van der Waals surface area contributed by atoms with Crippen molar-refractivity contribution in [3.63, 3.8) is 0 Å². The summed E-state index contributed by atoms with van der Waals surface area (Å²) in [5.41, 5.74) is 1.08. The molecule has 2 N–H and O–H groups in total. The van der Waals surface area contributed by atoms with E-state index in [1.165, 1.54) is 19.2 Å². The van der Waals surface area contributed by atoms with Crippen molar-refractivity contribution in [2.75, 3.05) is 18.4 Å². The number of para-hydroxylation sites is 1. The maximum Gasteiger partial charge on any atom is 0.268 e. The molecule has 1 fully saturated rings. The van der Waals surface area contributed by atoms with Crippen molar-refractivity contribution in [2.45, 2.75) is 25.3 Å². The van der Waals surface area contributed by atoms with Crippen LogP contribution in [0, 0.1) is 12.3 Å². The molecule has 0 saturated carbocycles. The number of hydrogen-bond donors (Lipinski definition) is 2. The second-order valence-electron chi connectivity index (χ2n) is 6.69. The van der Waals surface area contributed by atoms with E-state index in [0.717, 1.165) is 4.90 Å². The van der Waals surface area contributed by atoms with Crippen molar-refractivity contribution in [2.24, 2.45) is 0 Å². The summed E-state index contributed by atoms with van der Waals surface area (Å²) >= 11 is 0. The molecule has 0 radical (unpaired) electrons. The van der Waals surface area contributed by atoms with Crippen LogP contribution in [0.15, 0.2) is 30.5 Å². The van der Waals surface area contributed by atoms with Gasteiger partial charge in [0.05, 0.1) is 35.9 Å². The molecule has 7 nitrogen and oxygen atoms in total.